The Morgan fingerprint density at radius 3 is 2.60 bits per heavy atom. The van der Waals surface area contributed by atoms with Crippen LogP contribution >= 0.6 is 23.2 Å². The van der Waals surface area contributed by atoms with Crippen molar-refractivity contribution in [2.75, 3.05) is 19.0 Å². The van der Waals surface area contributed by atoms with E-state index in [1.165, 1.54) is 0 Å². The van der Waals surface area contributed by atoms with Gasteiger partial charge in [-0.1, -0.05) is 34.8 Å². The molecule has 0 aliphatic carbocycles. The molecule has 2 rings (SSSR count). The van der Waals surface area contributed by atoms with Crippen molar-refractivity contribution in [3.8, 4) is 17.0 Å². The number of methoxy groups -OCH3 is 1. The number of hydrogen-bond donors (Lipinski definition) is 1. The standard InChI is InChI=1S/C15H16Cl2N2O/c1-4-18-15-12(17)8-11(16)14(19-15)10-7-9(2)5-6-13(10)20-3/h5-8H,4H2,1-3H3,(H,18,19). The van der Waals surface area contributed by atoms with E-state index >= 15 is 0 Å². The Kier molecular flexibility index (Phi) is 4.73. The minimum absolute atomic E-state index is 0.501. The van der Waals surface area contributed by atoms with Crippen LogP contribution in [0.5, 0.6) is 5.75 Å². The molecule has 3 nitrogen and oxygen atoms in total. The van der Waals surface area contributed by atoms with Crippen molar-refractivity contribution in [2.24, 2.45) is 0 Å². The number of nitrogens with one attached hydrogen (secondary N) is 1. The van der Waals surface area contributed by atoms with Crippen LogP contribution in [0.15, 0.2) is 24.3 Å². The van der Waals surface area contributed by atoms with Crippen molar-refractivity contribution < 1.29 is 4.74 Å². The second-order valence-corrected chi connectivity index (χ2v) is 5.20. The van der Waals surface area contributed by atoms with E-state index < -0.39 is 0 Å². The van der Waals surface area contributed by atoms with Gasteiger partial charge in [0.25, 0.3) is 0 Å². The number of anilines is 1. The van der Waals surface area contributed by atoms with Gasteiger partial charge in [0.2, 0.25) is 0 Å². The van der Waals surface area contributed by atoms with Gasteiger partial charge in [0.1, 0.15) is 11.6 Å². The van der Waals surface area contributed by atoms with E-state index in [1.54, 1.807) is 13.2 Å². The fourth-order valence-electron chi connectivity index (χ4n) is 1.95. The normalized spacial score (nSPS) is 10.4. The molecule has 0 saturated carbocycles. The maximum atomic E-state index is 6.29. The van der Waals surface area contributed by atoms with E-state index in [9.17, 15) is 0 Å². The zero-order valence-electron chi connectivity index (χ0n) is 11.6. The average Bonchev–Trinajstić information content (AvgIpc) is 2.42. The van der Waals surface area contributed by atoms with E-state index in [-0.39, 0.29) is 0 Å². The Labute approximate surface area is 128 Å². The van der Waals surface area contributed by atoms with Crippen LogP contribution in [0.4, 0.5) is 5.82 Å². The quantitative estimate of drug-likeness (QED) is 0.880. The maximum absolute atomic E-state index is 6.29. The van der Waals surface area contributed by atoms with Gasteiger partial charge >= 0.3 is 0 Å². The Morgan fingerprint density at radius 2 is 1.95 bits per heavy atom. The monoisotopic (exact) mass is 310 g/mol. The van der Waals surface area contributed by atoms with Gasteiger partial charge in [0.05, 0.1) is 22.8 Å². The van der Waals surface area contributed by atoms with E-state index in [1.807, 2.05) is 32.0 Å². The molecule has 0 saturated heterocycles. The summed E-state index contributed by atoms with van der Waals surface area (Å²) in [5.74, 6) is 1.35. The van der Waals surface area contributed by atoms with Gasteiger partial charge in [-0.15, -0.1) is 0 Å². The molecule has 0 unspecified atom stereocenters. The summed E-state index contributed by atoms with van der Waals surface area (Å²) in [5, 5.41) is 4.13. The summed E-state index contributed by atoms with van der Waals surface area (Å²) >= 11 is 12.4. The molecule has 5 heteroatoms. The first-order valence-corrected chi connectivity index (χ1v) is 7.07. The maximum Gasteiger partial charge on any atom is 0.145 e. The molecule has 1 aromatic heterocycles. The fraction of sp³-hybridized carbons (Fsp3) is 0.267. The molecule has 1 heterocycles. The second kappa shape index (κ2) is 6.33. The highest BCUT2D eigenvalue weighted by Gasteiger charge is 2.14. The summed E-state index contributed by atoms with van der Waals surface area (Å²) in [7, 11) is 1.63. The molecule has 0 spiro atoms. The molecule has 0 aliphatic heterocycles. The molecule has 1 aromatic carbocycles. The first kappa shape index (κ1) is 14.9. The number of pyridine rings is 1. The molecular formula is C15H16Cl2N2O. The number of hydrogen-bond acceptors (Lipinski definition) is 3. The summed E-state index contributed by atoms with van der Waals surface area (Å²) in [6, 6.07) is 7.59. The van der Waals surface area contributed by atoms with Crippen LogP contribution in [0.1, 0.15) is 12.5 Å². The van der Waals surface area contributed by atoms with Gasteiger partial charge in [-0.25, -0.2) is 4.98 Å². The van der Waals surface area contributed by atoms with E-state index in [4.69, 9.17) is 27.9 Å². The summed E-state index contributed by atoms with van der Waals surface area (Å²) in [4.78, 5) is 4.53. The summed E-state index contributed by atoms with van der Waals surface area (Å²) in [6.45, 7) is 4.73. The molecule has 2 aromatic rings. The highest BCUT2D eigenvalue weighted by Crippen LogP contribution is 2.37. The molecule has 0 aliphatic rings. The number of ether oxygens (including phenoxy) is 1. The zero-order chi connectivity index (χ0) is 14.7. The van der Waals surface area contributed by atoms with Gasteiger partial charge < -0.3 is 10.1 Å². The number of nitrogens with zero attached hydrogens (tertiary/aromatic N) is 1. The smallest absolute Gasteiger partial charge is 0.145 e. The number of benzene rings is 1. The lowest BCUT2D eigenvalue weighted by Crippen LogP contribution is -2.02. The minimum Gasteiger partial charge on any atom is -0.496 e. The van der Waals surface area contributed by atoms with Gasteiger partial charge in [-0.2, -0.15) is 0 Å². The first-order valence-electron chi connectivity index (χ1n) is 6.31. The van der Waals surface area contributed by atoms with Crippen LogP contribution in [-0.2, 0) is 0 Å². The van der Waals surface area contributed by atoms with Crippen LogP contribution in [0.2, 0.25) is 10.0 Å². The Bertz CT molecular complexity index is 630. The number of aryl methyl sites for hydroxylation is 1. The number of halogens is 2. The van der Waals surface area contributed by atoms with E-state index in [2.05, 4.69) is 10.3 Å². The predicted octanol–water partition coefficient (Wildman–Crippen LogP) is 4.80. The average molecular weight is 311 g/mol. The highest BCUT2D eigenvalue weighted by atomic mass is 35.5. The molecular weight excluding hydrogens is 295 g/mol. The van der Waals surface area contributed by atoms with Crippen molar-refractivity contribution in [1.29, 1.82) is 0 Å². The lowest BCUT2D eigenvalue weighted by atomic mass is 10.1. The summed E-state index contributed by atoms with van der Waals surface area (Å²) in [6.07, 6.45) is 0. The molecule has 0 atom stereocenters. The third-order valence-corrected chi connectivity index (χ3v) is 3.46. The van der Waals surface area contributed by atoms with Gasteiger partial charge in [0, 0.05) is 12.1 Å². The lowest BCUT2D eigenvalue weighted by molar-refractivity contribution is 0.416. The van der Waals surface area contributed by atoms with Crippen molar-refractivity contribution in [1.82, 2.24) is 4.98 Å². The Balaban J connectivity index is 2.62. The Hall–Kier alpha value is -1.45. The van der Waals surface area contributed by atoms with Crippen molar-refractivity contribution in [2.45, 2.75) is 13.8 Å². The van der Waals surface area contributed by atoms with E-state index in [0.717, 1.165) is 23.4 Å². The highest BCUT2D eigenvalue weighted by molar-refractivity contribution is 6.37. The molecule has 0 bridgehead atoms. The second-order valence-electron chi connectivity index (χ2n) is 4.38. The molecule has 0 fully saturated rings. The molecule has 0 amide bonds. The predicted molar refractivity (Wildman–Crippen MR) is 85.1 cm³/mol. The summed E-state index contributed by atoms with van der Waals surface area (Å²) in [5.41, 5.74) is 2.62. The van der Waals surface area contributed by atoms with Crippen LogP contribution in [0, 0.1) is 6.92 Å². The molecule has 106 valence electrons. The van der Waals surface area contributed by atoms with Crippen molar-refractivity contribution >= 4 is 29.0 Å². The number of rotatable bonds is 4. The number of aromatic nitrogens is 1. The van der Waals surface area contributed by atoms with Crippen LogP contribution in [0.25, 0.3) is 11.3 Å². The van der Waals surface area contributed by atoms with Gasteiger partial charge in [-0.3, -0.25) is 0 Å². The SMILES string of the molecule is CCNc1nc(-c2cc(C)ccc2OC)c(Cl)cc1Cl. The third kappa shape index (κ3) is 3.00. The van der Waals surface area contributed by atoms with Gasteiger partial charge in [0.15, 0.2) is 0 Å². The fourth-order valence-corrected chi connectivity index (χ4v) is 2.48. The molecule has 20 heavy (non-hydrogen) atoms. The van der Waals surface area contributed by atoms with E-state index in [0.29, 0.717) is 21.6 Å². The minimum atomic E-state index is 0.501. The van der Waals surface area contributed by atoms with Gasteiger partial charge in [-0.05, 0) is 32.0 Å². The third-order valence-electron chi connectivity index (χ3n) is 2.88. The topological polar surface area (TPSA) is 34.2 Å². The lowest BCUT2D eigenvalue weighted by Gasteiger charge is -2.13. The van der Waals surface area contributed by atoms with Crippen molar-refractivity contribution in [3.05, 3.63) is 39.9 Å². The van der Waals surface area contributed by atoms with Crippen LogP contribution < -0.4 is 10.1 Å². The van der Waals surface area contributed by atoms with Crippen molar-refractivity contribution in [3.63, 3.8) is 0 Å². The molecule has 0 radical (unpaired) electrons. The summed E-state index contributed by atoms with van der Waals surface area (Å²) < 4.78 is 5.39. The van der Waals surface area contributed by atoms with Crippen LogP contribution in [0.3, 0.4) is 0 Å². The first-order chi connectivity index (χ1) is 9.56. The molecule has 1 N–H and O–H groups in total. The van der Waals surface area contributed by atoms with Crippen LogP contribution in [-0.4, -0.2) is 18.6 Å². The zero-order valence-corrected chi connectivity index (χ0v) is 13.1. The largest absolute Gasteiger partial charge is 0.496 e. The Morgan fingerprint density at radius 1 is 1.20 bits per heavy atom.